The van der Waals surface area contributed by atoms with Gasteiger partial charge in [0.1, 0.15) is 0 Å². The molecule has 17 heavy (non-hydrogen) atoms. The summed E-state index contributed by atoms with van der Waals surface area (Å²) in [6, 6.07) is 5.39. The van der Waals surface area contributed by atoms with Crippen LogP contribution >= 0.6 is 0 Å². The molecule has 0 fully saturated rings. The van der Waals surface area contributed by atoms with Gasteiger partial charge in [0.25, 0.3) is 5.91 Å². The van der Waals surface area contributed by atoms with E-state index in [0.717, 1.165) is 5.69 Å². The highest BCUT2D eigenvalue weighted by Gasteiger charge is 2.10. The Morgan fingerprint density at radius 2 is 2.18 bits per heavy atom. The number of hydrogen-bond acceptors (Lipinski definition) is 3. The summed E-state index contributed by atoms with van der Waals surface area (Å²) in [4.78, 5) is 13.2. The molecule has 3 N–H and O–H groups in total. The molecule has 0 spiro atoms. The smallest absolute Gasteiger partial charge is 0.253 e. The van der Waals surface area contributed by atoms with Gasteiger partial charge in [-0.2, -0.15) is 0 Å². The van der Waals surface area contributed by atoms with E-state index in [0.29, 0.717) is 11.3 Å². The summed E-state index contributed by atoms with van der Waals surface area (Å²) >= 11 is 0. The van der Waals surface area contributed by atoms with Crippen molar-refractivity contribution in [1.82, 2.24) is 4.90 Å². The fourth-order valence-electron chi connectivity index (χ4n) is 1.39. The van der Waals surface area contributed by atoms with Crippen molar-refractivity contribution in [2.45, 2.75) is 13.0 Å². The topological polar surface area (TPSA) is 58.4 Å². The normalized spacial score (nSPS) is 11.7. The van der Waals surface area contributed by atoms with E-state index < -0.39 is 0 Å². The zero-order chi connectivity index (χ0) is 13.0. The molecule has 4 nitrogen and oxygen atoms in total. The number of anilines is 2. The molecule has 1 amide bonds. The van der Waals surface area contributed by atoms with Crippen molar-refractivity contribution in [2.75, 3.05) is 25.1 Å². The number of nitrogens with zero attached hydrogens (tertiary/aromatic N) is 1. The van der Waals surface area contributed by atoms with Crippen LogP contribution in [0, 0.1) is 0 Å². The highest BCUT2D eigenvalue weighted by Crippen LogP contribution is 2.21. The van der Waals surface area contributed by atoms with Gasteiger partial charge in [-0.25, -0.2) is 0 Å². The largest absolute Gasteiger partial charge is 0.397 e. The van der Waals surface area contributed by atoms with Crippen LogP contribution in [0.4, 0.5) is 11.4 Å². The molecular formula is C13H19N3O. The van der Waals surface area contributed by atoms with Crippen LogP contribution in [0.5, 0.6) is 0 Å². The average molecular weight is 233 g/mol. The molecule has 0 aliphatic rings. The van der Waals surface area contributed by atoms with E-state index in [-0.39, 0.29) is 11.9 Å². The lowest BCUT2D eigenvalue weighted by molar-refractivity contribution is 0.0827. The second kappa shape index (κ2) is 5.39. The molecule has 1 unspecified atom stereocenters. The van der Waals surface area contributed by atoms with Crippen molar-refractivity contribution in [3.8, 4) is 0 Å². The maximum Gasteiger partial charge on any atom is 0.253 e. The molecule has 0 bridgehead atoms. The first-order valence-corrected chi connectivity index (χ1v) is 5.46. The fraction of sp³-hybridized carbons (Fsp3) is 0.308. The van der Waals surface area contributed by atoms with Crippen LogP contribution < -0.4 is 11.1 Å². The number of rotatable bonds is 4. The zero-order valence-corrected chi connectivity index (χ0v) is 10.5. The monoisotopic (exact) mass is 233 g/mol. The van der Waals surface area contributed by atoms with Crippen LogP contribution in [-0.2, 0) is 0 Å². The van der Waals surface area contributed by atoms with E-state index in [2.05, 4.69) is 11.9 Å². The molecule has 0 radical (unpaired) electrons. The van der Waals surface area contributed by atoms with Crippen LogP contribution in [0.1, 0.15) is 17.3 Å². The van der Waals surface area contributed by atoms with E-state index >= 15 is 0 Å². The van der Waals surface area contributed by atoms with Crippen molar-refractivity contribution in [3.05, 3.63) is 36.4 Å². The quantitative estimate of drug-likeness (QED) is 0.617. The van der Waals surface area contributed by atoms with Crippen molar-refractivity contribution < 1.29 is 4.79 Å². The lowest BCUT2D eigenvalue weighted by Gasteiger charge is -2.15. The van der Waals surface area contributed by atoms with Gasteiger partial charge in [-0.05, 0) is 25.1 Å². The first-order chi connectivity index (χ1) is 7.95. The molecule has 0 aliphatic carbocycles. The first-order valence-electron chi connectivity index (χ1n) is 5.46. The van der Waals surface area contributed by atoms with Crippen molar-refractivity contribution >= 4 is 17.3 Å². The maximum absolute atomic E-state index is 11.7. The lowest BCUT2D eigenvalue weighted by atomic mass is 10.1. The van der Waals surface area contributed by atoms with Gasteiger partial charge in [0, 0.05) is 25.7 Å². The number of benzene rings is 1. The van der Waals surface area contributed by atoms with Gasteiger partial charge in [0.15, 0.2) is 0 Å². The molecule has 1 atom stereocenters. The predicted octanol–water partition coefficient (Wildman–Crippen LogP) is 1.96. The Labute approximate surface area is 102 Å². The van der Waals surface area contributed by atoms with Gasteiger partial charge >= 0.3 is 0 Å². The van der Waals surface area contributed by atoms with E-state index in [4.69, 9.17) is 5.73 Å². The van der Waals surface area contributed by atoms with Gasteiger partial charge < -0.3 is 16.0 Å². The zero-order valence-electron chi connectivity index (χ0n) is 10.5. The van der Waals surface area contributed by atoms with E-state index in [1.54, 1.807) is 32.3 Å². The molecule has 0 saturated heterocycles. The molecule has 0 aliphatic heterocycles. The van der Waals surface area contributed by atoms with Crippen molar-refractivity contribution in [3.63, 3.8) is 0 Å². The average Bonchev–Trinajstić information content (AvgIpc) is 2.30. The van der Waals surface area contributed by atoms with E-state index in [1.165, 1.54) is 4.90 Å². The molecule has 0 heterocycles. The summed E-state index contributed by atoms with van der Waals surface area (Å²) in [5.74, 6) is -0.0555. The number of hydrogen-bond donors (Lipinski definition) is 2. The Bertz CT molecular complexity index is 427. The molecule has 0 saturated carbocycles. The molecule has 0 aromatic heterocycles. The van der Waals surface area contributed by atoms with Crippen molar-refractivity contribution in [2.24, 2.45) is 0 Å². The molecule has 92 valence electrons. The van der Waals surface area contributed by atoms with Gasteiger partial charge in [-0.1, -0.05) is 6.08 Å². The first kappa shape index (κ1) is 13.1. The summed E-state index contributed by atoms with van der Waals surface area (Å²) in [5.41, 5.74) is 7.86. The highest BCUT2D eigenvalue weighted by atomic mass is 16.2. The number of nitrogens with two attached hydrogens (primary N) is 1. The van der Waals surface area contributed by atoms with Crippen LogP contribution in [0.15, 0.2) is 30.9 Å². The molecular weight excluding hydrogens is 214 g/mol. The Kier molecular flexibility index (Phi) is 4.15. The third kappa shape index (κ3) is 3.24. The Balaban J connectivity index is 2.94. The lowest BCUT2D eigenvalue weighted by Crippen LogP contribution is -2.22. The second-order valence-electron chi connectivity index (χ2n) is 4.17. The highest BCUT2D eigenvalue weighted by molar-refractivity contribution is 5.95. The van der Waals surface area contributed by atoms with Gasteiger partial charge in [0.2, 0.25) is 0 Å². The van der Waals surface area contributed by atoms with Crippen LogP contribution in [0.2, 0.25) is 0 Å². The molecule has 1 aromatic rings. The van der Waals surface area contributed by atoms with Crippen LogP contribution in [0.25, 0.3) is 0 Å². The second-order valence-corrected chi connectivity index (χ2v) is 4.17. The maximum atomic E-state index is 11.7. The fourth-order valence-corrected chi connectivity index (χ4v) is 1.39. The molecule has 1 aromatic carbocycles. The Morgan fingerprint density at radius 3 is 2.65 bits per heavy atom. The predicted molar refractivity (Wildman–Crippen MR) is 72.2 cm³/mol. The van der Waals surface area contributed by atoms with Crippen LogP contribution in [-0.4, -0.2) is 30.9 Å². The standard InChI is InChI=1S/C13H19N3O/c1-5-9(2)15-12-7-6-10(8-11(12)14)13(17)16(3)4/h5-9,15H,1,14H2,2-4H3. The van der Waals surface area contributed by atoms with Gasteiger partial charge in [-0.15, -0.1) is 6.58 Å². The minimum absolute atomic E-state index is 0.0555. The minimum atomic E-state index is -0.0555. The summed E-state index contributed by atoms with van der Waals surface area (Å²) in [6.07, 6.45) is 1.79. The number of amides is 1. The summed E-state index contributed by atoms with van der Waals surface area (Å²) in [5, 5.41) is 3.19. The SMILES string of the molecule is C=CC(C)Nc1ccc(C(=O)N(C)C)cc1N. The van der Waals surface area contributed by atoms with Crippen molar-refractivity contribution in [1.29, 1.82) is 0 Å². The summed E-state index contributed by atoms with van der Waals surface area (Å²) < 4.78 is 0. The number of nitrogens with one attached hydrogen (secondary N) is 1. The third-order valence-corrected chi connectivity index (χ3v) is 2.44. The van der Waals surface area contributed by atoms with Crippen LogP contribution in [0.3, 0.4) is 0 Å². The van der Waals surface area contributed by atoms with Gasteiger partial charge in [0.05, 0.1) is 11.4 Å². The van der Waals surface area contributed by atoms with E-state index in [1.807, 2.05) is 13.0 Å². The molecule has 4 heteroatoms. The number of carbonyl (C=O) groups excluding carboxylic acids is 1. The summed E-state index contributed by atoms with van der Waals surface area (Å²) in [7, 11) is 3.43. The van der Waals surface area contributed by atoms with Gasteiger partial charge in [-0.3, -0.25) is 4.79 Å². The molecule has 1 rings (SSSR count). The Morgan fingerprint density at radius 1 is 1.53 bits per heavy atom. The summed E-state index contributed by atoms with van der Waals surface area (Å²) in [6.45, 7) is 5.67. The Hall–Kier alpha value is -1.97. The number of nitrogen functional groups attached to an aromatic ring is 1. The number of carbonyl (C=O) groups is 1. The minimum Gasteiger partial charge on any atom is -0.397 e. The van der Waals surface area contributed by atoms with E-state index in [9.17, 15) is 4.79 Å². The third-order valence-electron chi connectivity index (χ3n) is 2.44.